The maximum Gasteiger partial charge on any atom is 0.339 e. The van der Waals surface area contributed by atoms with Crippen LogP contribution >= 0.6 is 11.3 Å². The lowest BCUT2D eigenvalue weighted by atomic mass is 10.2. The second-order valence-corrected chi connectivity index (χ2v) is 6.03. The number of amides is 1. The second-order valence-electron chi connectivity index (χ2n) is 5.18. The first kappa shape index (κ1) is 16.8. The normalized spacial score (nSPS) is 11.6. The fourth-order valence-corrected chi connectivity index (χ4v) is 2.77. The molecule has 1 amide bonds. The monoisotopic (exact) mass is 353 g/mol. The van der Waals surface area contributed by atoms with Crippen LogP contribution in [-0.4, -0.2) is 27.9 Å². The summed E-state index contributed by atoms with van der Waals surface area (Å²) < 4.78 is 5.16. The average Bonchev–Trinajstić information content (AvgIpc) is 3.11. The molecule has 3 rings (SSSR count). The van der Waals surface area contributed by atoms with E-state index in [9.17, 15) is 9.59 Å². The molecule has 1 atom stereocenters. The van der Waals surface area contributed by atoms with Crippen molar-refractivity contribution >= 4 is 28.3 Å². The van der Waals surface area contributed by atoms with Gasteiger partial charge < -0.3 is 4.74 Å². The summed E-state index contributed by atoms with van der Waals surface area (Å²) in [7, 11) is 0. The minimum Gasteiger partial charge on any atom is -0.449 e. The highest BCUT2D eigenvalue weighted by molar-refractivity contribution is 7.14. The molecule has 1 N–H and O–H groups in total. The number of anilines is 1. The lowest BCUT2D eigenvalue weighted by Gasteiger charge is -2.12. The maximum atomic E-state index is 12.2. The van der Waals surface area contributed by atoms with Gasteiger partial charge in [0.15, 0.2) is 11.2 Å². The van der Waals surface area contributed by atoms with Crippen LogP contribution in [0.15, 0.2) is 60.2 Å². The van der Waals surface area contributed by atoms with Crippen molar-refractivity contribution in [1.82, 2.24) is 9.97 Å². The summed E-state index contributed by atoms with van der Waals surface area (Å²) in [5.74, 6) is -1.01. The average molecular weight is 353 g/mol. The van der Waals surface area contributed by atoms with E-state index in [2.05, 4.69) is 15.3 Å². The van der Waals surface area contributed by atoms with Crippen LogP contribution in [0.25, 0.3) is 11.3 Å². The van der Waals surface area contributed by atoms with Gasteiger partial charge in [-0.05, 0) is 19.1 Å². The van der Waals surface area contributed by atoms with Crippen molar-refractivity contribution in [2.75, 3.05) is 5.32 Å². The lowest BCUT2D eigenvalue weighted by Crippen LogP contribution is -2.29. The number of nitrogens with zero attached hydrogens (tertiary/aromatic N) is 2. The zero-order chi connectivity index (χ0) is 17.6. The Morgan fingerprint density at radius 3 is 2.56 bits per heavy atom. The Kier molecular flexibility index (Phi) is 5.15. The molecule has 3 aromatic rings. The summed E-state index contributed by atoms with van der Waals surface area (Å²) >= 11 is 1.31. The van der Waals surface area contributed by atoms with Crippen molar-refractivity contribution in [1.29, 1.82) is 0 Å². The number of hydrogen-bond donors (Lipinski definition) is 1. The minimum atomic E-state index is -0.940. The van der Waals surface area contributed by atoms with E-state index < -0.39 is 18.0 Å². The number of nitrogens with one attached hydrogen (secondary N) is 1. The third-order valence-electron chi connectivity index (χ3n) is 3.37. The highest BCUT2D eigenvalue weighted by atomic mass is 32.1. The molecule has 0 aliphatic heterocycles. The first-order valence-corrected chi connectivity index (χ1v) is 8.44. The zero-order valence-electron chi connectivity index (χ0n) is 13.4. The van der Waals surface area contributed by atoms with Crippen molar-refractivity contribution < 1.29 is 14.3 Å². The molecule has 0 fully saturated rings. The number of rotatable bonds is 5. The lowest BCUT2D eigenvalue weighted by molar-refractivity contribution is -0.123. The quantitative estimate of drug-likeness (QED) is 0.711. The Hall–Kier alpha value is -3.06. The molecule has 25 heavy (non-hydrogen) atoms. The van der Waals surface area contributed by atoms with E-state index in [-0.39, 0.29) is 0 Å². The van der Waals surface area contributed by atoms with Crippen molar-refractivity contribution in [3.8, 4) is 11.3 Å². The largest absolute Gasteiger partial charge is 0.449 e. The molecule has 1 aromatic carbocycles. The molecule has 0 aliphatic carbocycles. The number of benzene rings is 1. The summed E-state index contributed by atoms with van der Waals surface area (Å²) in [6.07, 6.45) is 2.04. The second kappa shape index (κ2) is 7.67. The minimum absolute atomic E-state index is 0.343. The fourth-order valence-electron chi connectivity index (χ4n) is 2.05. The van der Waals surface area contributed by atoms with Gasteiger partial charge in [-0.1, -0.05) is 30.3 Å². The molecular formula is C18H15N3O3S. The van der Waals surface area contributed by atoms with Gasteiger partial charge in [0.1, 0.15) is 0 Å². The van der Waals surface area contributed by atoms with Crippen molar-refractivity contribution in [3.05, 3.63) is 65.8 Å². The van der Waals surface area contributed by atoms with Crippen LogP contribution < -0.4 is 5.32 Å². The van der Waals surface area contributed by atoms with E-state index in [1.165, 1.54) is 42.8 Å². The summed E-state index contributed by atoms with van der Waals surface area (Å²) in [6, 6.07) is 12.7. The molecule has 0 spiro atoms. The third kappa shape index (κ3) is 4.27. The van der Waals surface area contributed by atoms with Gasteiger partial charge in [-0.25, -0.2) is 9.78 Å². The molecule has 126 valence electrons. The van der Waals surface area contributed by atoms with E-state index in [0.29, 0.717) is 10.7 Å². The van der Waals surface area contributed by atoms with E-state index >= 15 is 0 Å². The number of carbonyl (C=O) groups is 2. The Labute approximate surface area is 148 Å². The Bertz CT molecular complexity index is 866. The van der Waals surface area contributed by atoms with E-state index in [1.54, 1.807) is 0 Å². The first-order valence-electron chi connectivity index (χ1n) is 7.56. The number of ether oxygens (including phenoxy) is 1. The van der Waals surface area contributed by atoms with Crippen molar-refractivity contribution in [3.63, 3.8) is 0 Å². The van der Waals surface area contributed by atoms with Crippen LogP contribution in [0, 0.1) is 0 Å². The molecular weight excluding hydrogens is 338 g/mol. The van der Waals surface area contributed by atoms with Gasteiger partial charge >= 0.3 is 5.97 Å². The van der Waals surface area contributed by atoms with Crippen LogP contribution in [0.1, 0.15) is 17.3 Å². The number of aromatic nitrogens is 2. The molecule has 7 heteroatoms. The molecule has 6 nitrogen and oxygen atoms in total. The SMILES string of the molecule is CC(OC(=O)c1ccncc1)C(=O)Nc1nc(-c2ccccc2)cs1. The molecule has 2 heterocycles. The molecule has 0 bridgehead atoms. The first-order chi connectivity index (χ1) is 12.1. The Morgan fingerprint density at radius 2 is 1.84 bits per heavy atom. The van der Waals surface area contributed by atoms with E-state index in [0.717, 1.165) is 11.3 Å². The Balaban J connectivity index is 1.60. The zero-order valence-corrected chi connectivity index (χ0v) is 14.2. The van der Waals surface area contributed by atoms with E-state index in [4.69, 9.17) is 4.74 Å². The van der Waals surface area contributed by atoms with Gasteiger partial charge in [0.05, 0.1) is 11.3 Å². The number of pyridine rings is 1. The molecule has 2 aromatic heterocycles. The van der Waals surface area contributed by atoms with Crippen LogP contribution in [0.3, 0.4) is 0 Å². The van der Waals surface area contributed by atoms with Gasteiger partial charge in [-0.3, -0.25) is 15.1 Å². The predicted octanol–water partition coefficient (Wildman–Crippen LogP) is 3.39. The summed E-state index contributed by atoms with van der Waals surface area (Å²) in [5.41, 5.74) is 2.09. The van der Waals surface area contributed by atoms with Gasteiger partial charge in [-0.2, -0.15) is 0 Å². The summed E-state index contributed by atoms with van der Waals surface area (Å²) in [6.45, 7) is 1.51. The van der Waals surface area contributed by atoms with Crippen LogP contribution in [-0.2, 0) is 9.53 Å². The van der Waals surface area contributed by atoms with Gasteiger partial charge in [0.25, 0.3) is 5.91 Å². The molecule has 0 radical (unpaired) electrons. The fraction of sp³-hybridized carbons (Fsp3) is 0.111. The molecule has 0 saturated heterocycles. The van der Waals surface area contributed by atoms with Gasteiger partial charge in [0, 0.05) is 23.3 Å². The summed E-state index contributed by atoms with van der Waals surface area (Å²) in [4.78, 5) is 32.4. The highest BCUT2D eigenvalue weighted by Crippen LogP contribution is 2.24. The van der Waals surface area contributed by atoms with Crippen molar-refractivity contribution in [2.24, 2.45) is 0 Å². The molecule has 1 unspecified atom stereocenters. The highest BCUT2D eigenvalue weighted by Gasteiger charge is 2.20. The van der Waals surface area contributed by atoms with Gasteiger partial charge in [0.2, 0.25) is 0 Å². The van der Waals surface area contributed by atoms with Gasteiger partial charge in [-0.15, -0.1) is 11.3 Å². The Morgan fingerprint density at radius 1 is 1.12 bits per heavy atom. The molecule has 0 aliphatic rings. The van der Waals surface area contributed by atoms with Crippen LogP contribution in [0.4, 0.5) is 5.13 Å². The standard InChI is InChI=1S/C18H15N3O3S/c1-12(24-17(23)14-7-9-19-10-8-14)16(22)21-18-20-15(11-25-18)13-5-3-2-4-6-13/h2-12H,1H3,(H,20,21,22). The van der Waals surface area contributed by atoms with E-state index in [1.807, 2.05) is 35.7 Å². The smallest absolute Gasteiger partial charge is 0.339 e. The van der Waals surface area contributed by atoms with Crippen LogP contribution in [0.5, 0.6) is 0 Å². The maximum absolute atomic E-state index is 12.2. The van der Waals surface area contributed by atoms with Crippen LogP contribution in [0.2, 0.25) is 0 Å². The number of carbonyl (C=O) groups excluding carboxylic acids is 2. The number of esters is 1. The number of thiazole rings is 1. The molecule has 0 saturated carbocycles. The number of hydrogen-bond acceptors (Lipinski definition) is 6. The topological polar surface area (TPSA) is 81.2 Å². The predicted molar refractivity (Wildman–Crippen MR) is 95.3 cm³/mol. The van der Waals surface area contributed by atoms with Crippen molar-refractivity contribution in [2.45, 2.75) is 13.0 Å². The third-order valence-corrected chi connectivity index (χ3v) is 4.13. The summed E-state index contributed by atoms with van der Waals surface area (Å²) in [5, 5.41) is 4.98.